The smallest absolute Gasteiger partial charge is 0.408 e. The molecule has 1 amide bonds. The fourth-order valence-electron chi connectivity index (χ4n) is 1.02. The van der Waals surface area contributed by atoms with E-state index in [1.165, 1.54) is 0 Å². The third kappa shape index (κ3) is 9.41. The topological polar surface area (TPSA) is 64.6 Å². The van der Waals surface area contributed by atoms with Gasteiger partial charge < -0.3 is 14.8 Å². The van der Waals surface area contributed by atoms with Gasteiger partial charge in [-0.3, -0.25) is 4.79 Å². The van der Waals surface area contributed by atoms with Crippen molar-refractivity contribution in [1.29, 1.82) is 0 Å². The van der Waals surface area contributed by atoms with Gasteiger partial charge in [-0.1, -0.05) is 6.08 Å². The SMILES string of the molecule is CC=CC(C)OC(=O)CNC(=O)OC(C)(C)C. The highest BCUT2D eigenvalue weighted by atomic mass is 16.6. The average Bonchev–Trinajstić information content (AvgIpc) is 2.12. The van der Waals surface area contributed by atoms with Crippen molar-refractivity contribution in [3.63, 3.8) is 0 Å². The molecule has 0 aromatic heterocycles. The molecule has 0 aliphatic heterocycles. The summed E-state index contributed by atoms with van der Waals surface area (Å²) in [5.74, 6) is -0.499. The summed E-state index contributed by atoms with van der Waals surface area (Å²) in [6.45, 7) is 8.63. The van der Waals surface area contributed by atoms with Crippen molar-refractivity contribution in [3.8, 4) is 0 Å². The molecule has 1 N–H and O–H groups in total. The first-order chi connectivity index (χ1) is 7.74. The monoisotopic (exact) mass is 243 g/mol. The first kappa shape index (κ1) is 15.5. The van der Waals surface area contributed by atoms with Crippen molar-refractivity contribution >= 4 is 12.1 Å². The Morgan fingerprint density at radius 1 is 1.35 bits per heavy atom. The molecule has 0 aliphatic carbocycles. The standard InChI is InChI=1S/C12H21NO4/c1-6-7-9(2)16-10(14)8-13-11(15)17-12(3,4)5/h6-7,9H,8H2,1-5H3,(H,13,15). The number of esters is 1. The average molecular weight is 243 g/mol. The lowest BCUT2D eigenvalue weighted by Crippen LogP contribution is -2.36. The largest absolute Gasteiger partial charge is 0.457 e. The van der Waals surface area contributed by atoms with Crippen molar-refractivity contribution in [2.45, 2.75) is 46.3 Å². The summed E-state index contributed by atoms with van der Waals surface area (Å²) in [5, 5.41) is 2.33. The molecule has 0 saturated carbocycles. The summed E-state index contributed by atoms with van der Waals surface area (Å²) < 4.78 is 9.94. The van der Waals surface area contributed by atoms with E-state index in [0.717, 1.165) is 0 Å². The van der Waals surface area contributed by atoms with E-state index in [4.69, 9.17) is 9.47 Å². The predicted octanol–water partition coefficient (Wildman–Crippen LogP) is 2.02. The normalized spacial score (nSPS) is 13.2. The van der Waals surface area contributed by atoms with Gasteiger partial charge >= 0.3 is 12.1 Å². The van der Waals surface area contributed by atoms with E-state index in [1.54, 1.807) is 39.8 Å². The minimum atomic E-state index is -0.631. The highest BCUT2D eigenvalue weighted by Crippen LogP contribution is 2.06. The van der Waals surface area contributed by atoms with Crippen LogP contribution in [-0.4, -0.2) is 30.3 Å². The Hall–Kier alpha value is -1.52. The fourth-order valence-corrected chi connectivity index (χ4v) is 1.02. The van der Waals surface area contributed by atoms with E-state index in [-0.39, 0.29) is 12.6 Å². The van der Waals surface area contributed by atoms with Crippen LogP contribution < -0.4 is 5.32 Å². The van der Waals surface area contributed by atoms with Gasteiger partial charge in [0.25, 0.3) is 0 Å². The van der Waals surface area contributed by atoms with Crippen LogP contribution in [0.5, 0.6) is 0 Å². The number of hydrogen-bond acceptors (Lipinski definition) is 4. The Morgan fingerprint density at radius 3 is 2.41 bits per heavy atom. The lowest BCUT2D eigenvalue weighted by Gasteiger charge is -2.19. The Balaban J connectivity index is 3.89. The maximum Gasteiger partial charge on any atom is 0.408 e. The molecule has 0 fully saturated rings. The molecular formula is C12H21NO4. The van der Waals surface area contributed by atoms with Crippen LogP contribution in [0, 0.1) is 0 Å². The number of nitrogens with one attached hydrogen (secondary N) is 1. The van der Waals surface area contributed by atoms with E-state index >= 15 is 0 Å². The van der Waals surface area contributed by atoms with Crippen molar-refractivity contribution in [3.05, 3.63) is 12.2 Å². The molecule has 0 spiro atoms. The van der Waals surface area contributed by atoms with Gasteiger partial charge in [-0.2, -0.15) is 0 Å². The summed E-state index contributed by atoms with van der Waals surface area (Å²) in [6.07, 6.45) is 2.60. The lowest BCUT2D eigenvalue weighted by molar-refractivity contribution is -0.145. The zero-order chi connectivity index (χ0) is 13.5. The van der Waals surface area contributed by atoms with Crippen molar-refractivity contribution in [1.82, 2.24) is 5.32 Å². The second-order valence-corrected chi connectivity index (χ2v) is 4.58. The first-order valence-electron chi connectivity index (χ1n) is 5.53. The van der Waals surface area contributed by atoms with E-state index < -0.39 is 17.7 Å². The minimum absolute atomic E-state index is 0.198. The number of hydrogen-bond donors (Lipinski definition) is 1. The molecule has 0 rings (SSSR count). The summed E-state index contributed by atoms with van der Waals surface area (Å²) >= 11 is 0. The molecule has 0 radical (unpaired) electrons. The maximum atomic E-state index is 11.3. The van der Waals surface area contributed by atoms with Gasteiger partial charge in [-0.15, -0.1) is 0 Å². The van der Waals surface area contributed by atoms with E-state index in [0.29, 0.717) is 0 Å². The van der Waals surface area contributed by atoms with Gasteiger partial charge in [0.05, 0.1) is 0 Å². The molecule has 17 heavy (non-hydrogen) atoms. The van der Waals surface area contributed by atoms with Crippen LogP contribution in [0.3, 0.4) is 0 Å². The van der Waals surface area contributed by atoms with E-state index in [1.807, 2.05) is 6.92 Å². The molecule has 0 saturated heterocycles. The molecule has 0 bridgehead atoms. The highest BCUT2D eigenvalue weighted by Gasteiger charge is 2.17. The summed E-state index contributed by atoms with van der Waals surface area (Å²) in [7, 11) is 0. The van der Waals surface area contributed by atoms with Gasteiger partial charge in [0, 0.05) is 0 Å². The first-order valence-corrected chi connectivity index (χ1v) is 5.53. The summed E-state index contributed by atoms with van der Waals surface area (Å²) in [5.41, 5.74) is -0.577. The molecule has 1 atom stereocenters. The number of allylic oxidation sites excluding steroid dienone is 1. The second kappa shape index (κ2) is 6.93. The molecule has 0 aliphatic rings. The molecule has 1 unspecified atom stereocenters. The van der Waals surface area contributed by atoms with Gasteiger partial charge in [0.1, 0.15) is 18.2 Å². The van der Waals surface area contributed by atoms with Gasteiger partial charge in [0.2, 0.25) is 0 Å². The van der Waals surface area contributed by atoms with Gasteiger partial charge in [-0.05, 0) is 40.7 Å². The Labute approximate surface area is 102 Å². The number of amides is 1. The van der Waals surface area contributed by atoms with E-state index in [9.17, 15) is 9.59 Å². The van der Waals surface area contributed by atoms with Crippen molar-refractivity contribution < 1.29 is 19.1 Å². The number of ether oxygens (including phenoxy) is 2. The van der Waals surface area contributed by atoms with Crippen LogP contribution in [0.4, 0.5) is 4.79 Å². The summed E-state index contributed by atoms with van der Waals surface area (Å²) in [6, 6.07) is 0. The quantitative estimate of drug-likeness (QED) is 0.606. The Bertz CT molecular complexity index is 291. The number of alkyl carbamates (subject to hydrolysis) is 1. The predicted molar refractivity (Wildman–Crippen MR) is 64.6 cm³/mol. The fraction of sp³-hybridized carbons (Fsp3) is 0.667. The molecular weight excluding hydrogens is 222 g/mol. The molecule has 5 heteroatoms. The van der Waals surface area contributed by atoms with Crippen molar-refractivity contribution in [2.75, 3.05) is 6.54 Å². The van der Waals surface area contributed by atoms with Crippen LogP contribution in [0.25, 0.3) is 0 Å². The van der Waals surface area contributed by atoms with Gasteiger partial charge in [-0.25, -0.2) is 4.79 Å². The maximum absolute atomic E-state index is 11.3. The van der Waals surface area contributed by atoms with Crippen LogP contribution in [-0.2, 0) is 14.3 Å². The van der Waals surface area contributed by atoms with Crippen LogP contribution in [0.1, 0.15) is 34.6 Å². The van der Waals surface area contributed by atoms with Crippen LogP contribution in [0.2, 0.25) is 0 Å². The molecule has 5 nitrogen and oxygen atoms in total. The van der Waals surface area contributed by atoms with Crippen LogP contribution >= 0.6 is 0 Å². The molecule has 0 aromatic rings. The molecule has 0 aromatic carbocycles. The van der Waals surface area contributed by atoms with Crippen molar-refractivity contribution in [2.24, 2.45) is 0 Å². The van der Waals surface area contributed by atoms with E-state index in [2.05, 4.69) is 5.32 Å². The second-order valence-electron chi connectivity index (χ2n) is 4.58. The Kier molecular flexibility index (Phi) is 6.31. The minimum Gasteiger partial charge on any atom is -0.457 e. The summed E-state index contributed by atoms with van der Waals surface area (Å²) in [4.78, 5) is 22.5. The number of carbonyl (C=O) groups excluding carboxylic acids is 2. The zero-order valence-corrected chi connectivity index (χ0v) is 11.1. The highest BCUT2D eigenvalue weighted by molar-refractivity contribution is 5.78. The lowest BCUT2D eigenvalue weighted by atomic mass is 10.2. The zero-order valence-electron chi connectivity index (χ0n) is 11.1. The van der Waals surface area contributed by atoms with Gasteiger partial charge in [0.15, 0.2) is 0 Å². The third-order valence-corrected chi connectivity index (χ3v) is 1.56. The third-order valence-electron chi connectivity index (χ3n) is 1.56. The molecule has 98 valence electrons. The molecule has 0 heterocycles. The number of carbonyl (C=O) groups is 2. The number of rotatable bonds is 4. The van der Waals surface area contributed by atoms with Crippen LogP contribution in [0.15, 0.2) is 12.2 Å². The Morgan fingerprint density at radius 2 is 1.94 bits per heavy atom.